The van der Waals surface area contributed by atoms with E-state index in [1.807, 2.05) is 24.1 Å². The predicted octanol–water partition coefficient (Wildman–Crippen LogP) is 5.16. The van der Waals surface area contributed by atoms with Gasteiger partial charge in [-0.25, -0.2) is 0 Å². The van der Waals surface area contributed by atoms with Crippen molar-refractivity contribution in [3.63, 3.8) is 0 Å². The molecule has 0 unspecified atom stereocenters. The highest BCUT2D eigenvalue weighted by atomic mass is 35.5. The third kappa shape index (κ3) is 4.94. The van der Waals surface area contributed by atoms with Gasteiger partial charge in [-0.1, -0.05) is 34.8 Å². The second-order valence-electron chi connectivity index (χ2n) is 8.77. The smallest absolute Gasteiger partial charge is 0.239 e. The molecule has 0 atom stereocenters. The number of halogens is 3. The molecule has 5 rings (SSSR count). The molecule has 2 bridgehead atoms. The zero-order valence-electron chi connectivity index (χ0n) is 17.1. The first-order chi connectivity index (χ1) is 14.7. The summed E-state index contributed by atoms with van der Waals surface area (Å²) in [7, 11) is 1.87. The van der Waals surface area contributed by atoms with E-state index in [-0.39, 0.29) is 35.8 Å². The van der Waals surface area contributed by atoms with Crippen molar-refractivity contribution in [3.8, 4) is 5.75 Å². The summed E-state index contributed by atoms with van der Waals surface area (Å²) >= 11 is 17.8. The lowest BCUT2D eigenvalue weighted by Gasteiger charge is -2.70. The Kier molecular flexibility index (Phi) is 6.12. The number of benzene rings is 2. The number of amides is 1. The summed E-state index contributed by atoms with van der Waals surface area (Å²) in [5, 5.41) is 4.67. The van der Waals surface area contributed by atoms with Gasteiger partial charge in [0, 0.05) is 35.8 Å². The van der Waals surface area contributed by atoms with Gasteiger partial charge >= 0.3 is 0 Å². The van der Waals surface area contributed by atoms with Crippen LogP contribution in [0.4, 0.5) is 5.69 Å². The largest absolute Gasteiger partial charge is 0.486 e. The van der Waals surface area contributed by atoms with Gasteiger partial charge in [0.25, 0.3) is 0 Å². The SMILES string of the molecule is CN(CC(=O)NC12CC(CC(=O)COc3ccc(Cl)c(Cl)c3)(C1)C2)c1ccc(Cl)cc1. The van der Waals surface area contributed by atoms with E-state index in [1.165, 1.54) is 0 Å². The second-order valence-corrected chi connectivity index (χ2v) is 10.0. The minimum atomic E-state index is -0.150. The normalized spacial score (nSPS) is 23.4. The van der Waals surface area contributed by atoms with Crippen LogP contribution in [0.5, 0.6) is 5.75 Å². The van der Waals surface area contributed by atoms with Crippen LogP contribution in [0.15, 0.2) is 42.5 Å². The van der Waals surface area contributed by atoms with E-state index in [1.54, 1.807) is 30.3 Å². The molecular formula is C23H23Cl3N2O3. The summed E-state index contributed by atoms with van der Waals surface area (Å²) < 4.78 is 5.54. The third-order valence-electron chi connectivity index (χ3n) is 6.06. The molecule has 3 aliphatic carbocycles. The van der Waals surface area contributed by atoms with Gasteiger partial charge in [-0.05, 0) is 61.1 Å². The van der Waals surface area contributed by atoms with Crippen molar-refractivity contribution in [2.45, 2.75) is 31.2 Å². The topological polar surface area (TPSA) is 58.6 Å². The van der Waals surface area contributed by atoms with Crippen molar-refractivity contribution in [1.29, 1.82) is 0 Å². The van der Waals surface area contributed by atoms with Crippen LogP contribution in [0.3, 0.4) is 0 Å². The van der Waals surface area contributed by atoms with Crippen LogP contribution < -0.4 is 15.0 Å². The van der Waals surface area contributed by atoms with Crippen LogP contribution in [-0.2, 0) is 9.59 Å². The number of nitrogens with one attached hydrogen (secondary N) is 1. The fraction of sp³-hybridized carbons (Fsp3) is 0.391. The molecule has 164 valence electrons. The Morgan fingerprint density at radius 3 is 2.35 bits per heavy atom. The Morgan fingerprint density at radius 1 is 1.03 bits per heavy atom. The fourth-order valence-corrected chi connectivity index (χ4v) is 5.27. The second kappa shape index (κ2) is 8.53. The van der Waals surface area contributed by atoms with Crippen molar-refractivity contribution in [2.75, 3.05) is 25.1 Å². The van der Waals surface area contributed by atoms with Crippen LogP contribution in [-0.4, -0.2) is 37.4 Å². The number of likely N-dealkylation sites (N-methyl/N-ethyl adjacent to an activating group) is 1. The van der Waals surface area contributed by atoms with Crippen LogP contribution in [0, 0.1) is 5.41 Å². The van der Waals surface area contributed by atoms with Gasteiger partial charge in [-0.15, -0.1) is 0 Å². The Labute approximate surface area is 196 Å². The van der Waals surface area contributed by atoms with Gasteiger partial charge < -0.3 is 15.0 Å². The summed E-state index contributed by atoms with van der Waals surface area (Å²) in [4.78, 5) is 26.7. The zero-order valence-corrected chi connectivity index (χ0v) is 19.4. The molecule has 0 aliphatic heterocycles. The molecule has 8 heteroatoms. The quantitative estimate of drug-likeness (QED) is 0.537. The Balaban J connectivity index is 1.19. The molecular weight excluding hydrogens is 459 g/mol. The standard InChI is InChI=1S/C23H23Cl3N2O3/c1-28(16-4-2-15(24)3-5-16)10-21(30)27-23-12-22(13-23,14-23)9-17(29)11-31-18-6-7-19(25)20(26)8-18/h2-8H,9-14H2,1H3,(H,27,30). The van der Waals surface area contributed by atoms with Gasteiger partial charge in [-0.2, -0.15) is 0 Å². The van der Waals surface area contributed by atoms with Gasteiger partial charge in [0.1, 0.15) is 12.4 Å². The minimum absolute atomic E-state index is 0.00492. The molecule has 0 aromatic heterocycles. The van der Waals surface area contributed by atoms with E-state index in [0.717, 1.165) is 24.9 Å². The van der Waals surface area contributed by atoms with Crippen LogP contribution >= 0.6 is 34.8 Å². The van der Waals surface area contributed by atoms with E-state index in [2.05, 4.69) is 5.32 Å². The molecule has 3 saturated carbocycles. The van der Waals surface area contributed by atoms with Crippen molar-refractivity contribution in [2.24, 2.45) is 5.41 Å². The molecule has 0 saturated heterocycles. The zero-order chi connectivity index (χ0) is 22.2. The van der Waals surface area contributed by atoms with E-state index >= 15 is 0 Å². The predicted molar refractivity (Wildman–Crippen MR) is 123 cm³/mol. The van der Waals surface area contributed by atoms with Crippen molar-refractivity contribution in [3.05, 3.63) is 57.5 Å². The molecule has 0 heterocycles. The number of rotatable bonds is 9. The Hall–Kier alpha value is -1.95. The van der Waals surface area contributed by atoms with E-state index in [4.69, 9.17) is 39.5 Å². The molecule has 1 N–H and O–H groups in total. The number of Topliss-reactive ketones (excluding diaryl/α,β-unsaturated/α-hetero) is 1. The Bertz CT molecular complexity index is 990. The van der Waals surface area contributed by atoms with Crippen LogP contribution in [0.2, 0.25) is 15.1 Å². The van der Waals surface area contributed by atoms with E-state index < -0.39 is 0 Å². The van der Waals surface area contributed by atoms with Gasteiger partial charge in [0.05, 0.1) is 16.6 Å². The van der Waals surface area contributed by atoms with Gasteiger partial charge in [0.15, 0.2) is 5.78 Å². The summed E-state index contributed by atoms with van der Waals surface area (Å²) in [6, 6.07) is 12.3. The molecule has 0 radical (unpaired) electrons. The monoisotopic (exact) mass is 480 g/mol. The van der Waals surface area contributed by atoms with E-state index in [0.29, 0.717) is 27.2 Å². The Morgan fingerprint density at radius 2 is 1.71 bits per heavy atom. The van der Waals surface area contributed by atoms with Crippen LogP contribution in [0.1, 0.15) is 25.7 Å². The molecule has 2 aromatic rings. The minimum Gasteiger partial charge on any atom is -0.486 e. The lowest BCUT2D eigenvalue weighted by atomic mass is 9.38. The molecule has 3 aliphatic rings. The average Bonchev–Trinajstić information content (AvgIpc) is 2.66. The van der Waals surface area contributed by atoms with Crippen molar-refractivity contribution >= 4 is 52.2 Å². The molecule has 2 aromatic carbocycles. The van der Waals surface area contributed by atoms with Crippen molar-refractivity contribution in [1.82, 2.24) is 5.32 Å². The summed E-state index contributed by atoms with van der Waals surface area (Å²) in [5.74, 6) is 0.557. The van der Waals surface area contributed by atoms with E-state index in [9.17, 15) is 9.59 Å². The first-order valence-corrected chi connectivity index (χ1v) is 11.2. The number of ether oxygens (including phenoxy) is 1. The first kappa shape index (κ1) is 22.3. The summed E-state index contributed by atoms with van der Waals surface area (Å²) in [6.45, 7) is 0.276. The third-order valence-corrected chi connectivity index (χ3v) is 7.05. The number of hydrogen-bond donors (Lipinski definition) is 1. The maximum atomic E-state index is 12.5. The van der Waals surface area contributed by atoms with Crippen LogP contribution in [0.25, 0.3) is 0 Å². The molecule has 3 fully saturated rings. The van der Waals surface area contributed by atoms with Crippen molar-refractivity contribution < 1.29 is 14.3 Å². The first-order valence-electron chi connectivity index (χ1n) is 10.0. The summed E-state index contributed by atoms with van der Waals surface area (Å²) in [5.41, 5.74) is 0.789. The van der Waals surface area contributed by atoms with Gasteiger partial charge in [-0.3, -0.25) is 9.59 Å². The number of carbonyl (C=O) groups excluding carboxylic acids is 2. The highest BCUT2D eigenvalue weighted by Crippen LogP contribution is 2.69. The number of ketones is 1. The number of carbonyl (C=O) groups is 2. The lowest BCUT2D eigenvalue weighted by Crippen LogP contribution is -2.75. The molecule has 0 spiro atoms. The molecule has 5 nitrogen and oxygen atoms in total. The van der Waals surface area contributed by atoms with Gasteiger partial charge in [0.2, 0.25) is 5.91 Å². The lowest BCUT2D eigenvalue weighted by molar-refractivity contribution is -0.172. The average molecular weight is 482 g/mol. The maximum Gasteiger partial charge on any atom is 0.239 e. The highest BCUT2D eigenvalue weighted by Gasteiger charge is 2.68. The number of nitrogens with zero attached hydrogens (tertiary/aromatic N) is 1. The highest BCUT2D eigenvalue weighted by molar-refractivity contribution is 6.42. The molecule has 31 heavy (non-hydrogen) atoms. The number of anilines is 1. The fourth-order valence-electron chi connectivity index (χ4n) is 4.86. The molecule has 1 amide bonds. The summed E-state index contributed by atoms with van der Waals surface area (Å²) in [6.07, 6.45) is 3.00. The number of hydrogen-bond acceptors (Lipinski definition) is 4. The maximum absolute atomic E-state index is 12.5.